The van der Waals surface area contributed by atoms with Crippen molar-refractivity contribution in [2.75, 3.05) is 27.9 Å². The number of hydrogen-bond acceptors (Lipinski definition) is 5. The summed E-state index contributed by atoms with van der Waals surface area (Å²) in [5.41, 5.74) is 3.07. The largest absolute Gasteiger partial charge is 0.496 e. The first-order chi connectivity index (χ1) is 12.0. The molecule has 25 heavy (non-hydrogen) atoms. The fraction of sp³-hybridized carbons (Fsp3) is 0.368. The third-order valence-electron chi connectivity index (χ3n) is 3.95. The predicted octanol–water partition coefficient (Wildman–Crippen LogP) is 2.70. The molecular weight excluding hydrogens is 320 g/mol. The molecule has 6 heteroatoms. The lowest BCUT2D eigenvalue weighted by Crippen LogP contribution is -2.27. The van der Waals surface area contributed by atoms with E-state index in [1.807, 2.05) is 19.9 Å². The number of ether oxygens (including phenoxy) is 3. The van der Waals surface area contributed by atoms with Crippen LogP contribution in [0.5, 0.6) is 17.2 Å². The molecule has 2 rings (SSSR count). The highest BCUT2D eigenvalue weighted by Crippen LogP contribution is 2.34. The molecule has 134 valence electrons. The first-order valence-electron chi connectivity index (χ1n) is 8.01. The van der Waals surface area contributed by atoms with E-state index in [0.717, 1.165) is 17.0 Å². The Morgan fingerprint density at radius 3 is 2.20 bits per heavy atom. The van der Waals surface area contributed by atoms with Gasteiger partial charge in [-0.15, -0.1) is 0 Å². The quantitative estimate of drug-likeness (QED) is 0.836. The molecule has 2 aromatic rings. The second-order valence-corrected chi connectivity index (χ2v) is 5.60. The van der Waals surface area contributed by atoms with E-state index < -0.39 is 0 Å². The molecule has 0 saturated carbocycles. The van der Waals surface area contributed by atoms with Crippen LogP contribution in [0.3, 0.4) is 0 Å². The molecule has 1 amide bonds. The van der Waals surface area contributed by atoms with Crippen LogP contribution in [0.1, 0.15) is 27.3 Å². The van der Waals surface area contributed by atoms with Crippen LogP contribution < -0.4 is 19.5 Å². The molecule has 1 heterocycles. The number of benzene rings is 1. The van der Waals surface area contributed by atoms with Crippen molar-refractivity contribution in [3.8, 4) is 17.2 Å². The summed E-state index contributed by atoms with van der Waals surface area (Å²) in [6.45, 7) is 4.18. The highest BCUT2D eigenvalue weighted by Gasteiger charge is 2.14. The van der Waals surface area contributed by atoms with Gasteiger partial charge < -0.3 is 19.5 Å². The second kappa shape index (κ2) is 8.37. The average molecular weight is 344 g/mol. The number of methoxy groups -OCH3 is 3. The van der Waals surface area contributed by atoms with Gasteiger partial charge in [0, 0.05) is 29.9 Å². The number of hydrogen-bond donors (Lipinski definition) is 1. The van der Waals surface area contributed by atoms with Crippen LogP contribution in [0.2, 0.25) is 0 Å². The maximum atomic E-state index is 12.3. The van der Waals surface area contributed by atoms with Gasteiger partial charge in [-0.2, -0.15) is 0 Å². The molecule has 1 aromatic heterocycles. The predicted molar refractivity (Wildman–Crippen MR) is 95.8 cm³/mol. The zero-order valence-electron chi connectivity index (χ0n) is 15.3. The maximum absolute atomic E-state index is 12.3. The van der Waals surface area contributed by atoms with E-state index >= 15 is 0 Å². The minimum absolute atomic E-state index is 0.142. The van der Waals surface area contributed by atoms with E-state index in [-0.39, 0.29) is 5.91 Å². The molecular formula is C19H24N2O4. The van der Waals surface area contributed by atoms with Crippen LogP contribution in [0.25, 0.3) is 0 Å². The van der Waals surface area contributed by atoms with Crippen molar-refractivity contribution in [1.82, 2.24) is 10.3 Å². The van der Waals surface area contributed by atoms with Gasteiger partial charge in [-0.05, 0) is 32.4 Å². The number of pyridine rings is 1. The van der Waals surface area contributed by atoms with Gasteiger partial charge in [-0.3, -0.25) is 9.78 Å². The summed E-state index contributed by atoms with van der Waals surface area (Å²) in [4.78, 5) is 16.7. The van der Waals surface area contributed by atoms with Gasteiger partial charge in [0.25, 0.3) is 5.91 Å². The number of nitrogens with zero attached hydrogens (tertiary/aromatic N) is 1. The Morgan fingerprint density at radius 2 is 1.68 bits per heavy atom. The summed E-state index contributed by atoms with van der Waals surface area (Å²) in [6, 6.07) is 7.22. The van der Waals surface area contributed by atoms with Crippen LogP contribution in [0, 0.1) is 13.8 Å². The molecule has 1 aromatic carbocycles. The standard InChI is InChI=1S/C19H24N2O4/c1-12-6-7-15(13(2)21-12)19(22)20-9-8-16-17(24-4)10-14(23-3)11-18(16)25-5/h6-7,10-11H,8-9H2,1-5H3,(H,20,22). The zero-order valence-corrected chi connectivity index (χ0v) is 15.3. The van der Waals surface area contributed by atoms with Crippen molar-refractivity contribution in [3.05, 3.63) is 46.8 Å². The molecule has 0 saturated heterocycles. The molecule has 0 aliphatic heterocycles. The van der Waals surface area contributed by atoms with Crippen LogP contribution >= 0.6 is 0 Å². The SMILES string of the molecule is COc1cc(OC)c(CCNC(=O)c2ccc(C)nc2C)c(OC)c1. The Kier molecular flexibility index (Phi) is 6.22. The first kappa shape index (κ1) is 18.6. The highest BCUT2D eigenvalue weighted by atomic mass is 16.5. The Morgan fingerprint density at radius 1 is 1.04 bits per heavy atom. The summed E-state index contributed by atoms with van der Waals surface area (Å²) in [7, 11) is 4.78. The molecule has 0 radical (unpaired) electrons. The van der Waals surface area contributed by atoms with Gasteiger partial charge in [0.15, 0.2) is 0 Å². The zero-order chi connectivity index (χ0) is 18.4. The van der Waals surface area contributed by atoms with Gasteiger partial charge in [-0.25, -0.2) is 0 Å². The van der Waals surface area contributed by atoms with Crippen LogP contribution in [-0.2, 0) is 6.42 Å². The minimum Gasteiger partial charge on any atom is -0.496 e. The van der Waals surface area contributed by atoms with Gasteiger partial charge in [0.1, 0.15) is 17.2 Å². The Bertz CT molecular complexity index is 734. The number of carbonyl (C=O) groups is 1. The topological polar surface area (TPSA) is 69.7 Å². The van der Waals surface area contributed by atoms with Crippen molar-refractivity contribution < 1.29 is 19.0 Å². The lowest BCUT2D eigenvalue weighted by molar-refractivity contribution is 0.0953. The Hall–Kier alpha value is -2.76. The van der Waals surface area contributed by atoms with Gasteiger partial charge in [-0.1, -0.05) is 0 Å². The van der Waals surface area contributed by atoms with E-state index in [1.54, 1.807) is 39.5 Å². The third-order valence-corrected chi connectivity index (χ3v) is 3.95. The fourth-order valence-electron chi connectivity index (χ4n) is 2.65. The van der Waals surface area contributed by atoms with Crippen molar-refractivity contribution >= 4 is 5.91 Å². The van der Waals surface area contributed by atoms with Crippen LogP contribution in [0.4, 0.5) is 0 Å². The molecule has 0 fully saturated rings. The first-order valence-corrected chi connectivity index (χ1v) is 8.01. The normalized spacial score (nSPS) is 10.3. The van der Waals surface area contributed by atoms with E-state index in [4.69, 9.17) is 14.2 Å². The van der Waals surface area contributed by atoms with Crippen molar-refractivity contribution in [1.29, 1.82) is 0 Å². The smallest absolute Gasteiger partial charge is 0.253 e. The summed E-state index contributed by atoms with van der Waals surface area (Å²) < 4.78 is 16.1. The van der Waals surface area contributed by atoms with Gasteiger partial charge in [0.2, 0.25) is 0 Å². The molecule has 0 atom stereocenters. The minimum atomic E-state index is -0.142. The molecule has 0 bridgehead atoms. The van der Waals surface area contributed by atoms with Gasteiger partial charge in [0.05, 0.1) is 32.6 Å². The lowest BCUT2D eigenvalue weighted by atomic mass is 10.1. The van der Waals surface area contributed by atoms with Crippen molar-refractivity contribution in [3.63, 3.8) is 0 Å². The summed E-state index contributed by atoms with van der Waals surface area (Å²) >= 11 is 0. The molecule has 6 nitrogen and oxygen atoms in total. The third kappa shape index (κ3) is 4.41. The number of aryl methyl sites for hydroxylation is 2. The molecule has 0 unspecified atom stereocenters. The molecule has 0 spiro atoms. The van der Waals surface area contributed by atoms with E-state index in [0.29, 0.717) is 35.8 Å². The van der Waals surface area contributed by atoms with Gasteiger partial charge >= 0.3 is 0 Å². The van der Waals surface area contributed by atoms with Crippen molar-refractivity contribution in [2.24, 2.45) is 0 Å². The second-order valence-electron chi connectivity index (χ2n) is 5.60. The molecule has 0 aliphatic carbocycles. The van der Waals surface area contributed by atoms with E-state index in [1.165, 1.54) is 0 Å². The number of aromatic nitrogens is 1. The lowest BCUT2D eigenvalue weighted by Gasteiger charge is -2.15. The summed E-state index contributed by atoms with van der Waals surface area (Å²) in [5, 5.41) is 2.92. The Balaban J connectivity index is 2.09. The van der Waals surface area contributed by atoms with Crippen LogP contribution in [0.15, 0.2) is 24.3 Å². The highest BCUT2D eigenvalue weighted by molar-refractivity contribution is 5.95. The number of carbonyl (C=O) groups excluding carboxylic acids is 1. The molecule has 0 aliphatic rings. The monoisotopic (exact) mass is 344 g/mol. The Labute approximate surface area is 148 Å². The van der Waals surface area contributed by atoms with Crippen molar-refractivity contribution in [2.45, 2.75) is 20.3 Å². The number of nitrogens with one attached hydrogen (secondary N) is 1. The number of rotatable bonds is 7. The van der Waals surface area contributed by atoms with E-state index in [2.05, 4.69) is 10.3 Å². The fourth-order valence-corrected chi connectivity index (χ4v) is 2.65. The number of amides is 1. The maximum Gasteiger partial charge on any atom is 0.253 e. The van der Waals surface area contributed by atoms with E-state index in [9.17, 15) is 4.79 Å². The summed E-state index contributed by atoms with van der Waals surface area (Å²) in [6.07, 6.45) is 0.570. The average Bonchev–Trinajstić information content (AvgIpc) is 2.61. The molecule has 1 N–H and O–H groups in total. The summed E-state index contributed by atoms with van der Waals surface area (Å²) in [5.74, 6) is 1.84. The van der Waals surface area contributed by atoms with Crippen LogP contribution in [-0.4, -0.2) is 38.8 Å².